The van der Waals surface area contributed by atoms with Crippen LogP contribution in [0.15, 0.2) is 0 Å². The third kappa shape index (κ3) is 4.49. The van der Waals surface area contributed by atoms with Crippen LogP contribution in [0, 0.1) is 0 Å². The molecule has 0 bridgehead atoms. The van der Waals surface area contributed by atoms with Crippen LogP contribution in [0.4, 0.5) is 0 Å². The molecule has 3 nitrogen and oxygen atoms in total. The lowest BCUT2D eigenvalue weighted by molar-refractivity contribution is 0.116. The number of rotatable bonds is 8. The molecule has 0 amide bonds. The molecule has 0 saturated heterocycles. The highest BCUT2D eigenvalue weighted by Crippen LogP contribution is 2.24. The Morgan fingerprint density at radius 2 is 2.20 bits per heavy atom. The van der Waals surface area contributed by atoms with Crippen LogP contribution in [0.1, 0.15) is 32.6 Å². The van der Waals surface area contributed by atoms with Gasteiger partial charge in [-0.25, -0.2) is 0 Å². The summed E-state index contributed by atoms with van der Waals surface area (Å²) in [5.41, 5.74) is 0. The van der Waals surface area contributed by atoms with Crippen molar-refractivity contribution in [3.05, 3.63) is 0 Å². The molecule has 1 saturated carbocycles. The van der Waals surface area contributed by atoms with Crippen molar-refractivity contribution < 1.29 is 4.74 Å². The Kier molecular flexibility index (Phi) is 6.22. The number of hydrogen-bond donors (Lipinski definition) is 1. The maximum Gasteiger partial charge on any atom is 0.0474 e. The van der Waals surface area contributed by atoms with Crippen molar-refractivity contribution in [1.82, 2.24) is 10.2 Å². The Morgan fingerprint density at radius 1 is 1.47 bits per heavy atom. The number of ether oxygens (including phenoxy) is 1. The van der Waals surface area contributed by atoms with E-state index in [0.29, 0.717) is 6.04 Å². The van der Waals surface area contributed by atoms with Crippen LogP contribution in [0.5, 0.6) is 0 Å². The van der Waals surface area contributed by atoms with Crippen molar-refractivity contribution in [2.75, 3.05) is 33.9 Å². The molecule has 0 aromatic carbocycles. The van der Waals surface area contributed by atoms with Gasteiger partial charge < -0.3 is 10.1 Å². The fraction of sp³-hybridized carbons (Fsp3) is 1.00. The lowest BCUT2D eigenvalue weighted by Crippen LogP contribution is -2.46. The van der Waals surface area contributed by atoms with Crippen LogP contribution < -0.4 is 5.32 Å². The third-order valence-electron chi connectivity index (χ3n) is 3.49. The van der Waals surface area contributed by atoms with Gasteiger partial charge in [-0.15, -0.1) is 0 Å². The van der Waals surface area contributed by atoms with Crippen LogP contribution in [0.25, 0.3) is 0 Å². The van der Waals surface area contributed by atoms with Crippen LogP contribution in [-0.4, -0.2) is 50.8 Å². The highest BCUT2D eigenvalue weighted by molar-refractivity contribution is 4.81. The maximum absolute atomic E-state index is 5.01. The predicted octanol–water partition coefficient (Wildman–Crippen LogP) is 1.49. The number of methoxy groups -OCH3 is 1. The first kappa shape index (κ1) is 12.9. The van der Waals surface area contributed by atoms with E-state index in [0.717, 1.165) is 32.2 Å². The maximum atomic E-state index is 5.01. The van der Waals surface area contributed by atoms with Crippen molar-refractivity contribution in [2.24, 2.45) is 0 Å². The van der Waals surface area contributed by atoms with E-state index in [2.05, 4.69) is 24.2 Å². The van der Waals surface area contributed by atoms with Gasteiger partial charge in [0.1, 0.15) is 0 Å². The SMILES string of the molecule is COCCCNCC(C)N(C)C1CCC1. The van der Waals surface area contributed by atoms with Crippen molar-refractivity contribution >= 4 is 0 Å². The molecule has 0 aliphatic heterocycles. The highest BCUT2D eigenvalue weighted by atomic mass is 16.5. The lowest BCUT2D eigenvalue weighted by Gasteiger charge is -2.38. The van der Waals surface area contributed by atoms with Gasteiger partial charge in [0.05, 0.1) is 0 Å². The third-order valence-corrected chi connectivity index (χ3v) is 3.49. The second kappa shape index (κ2) is 7.20. The van der Waals surface area contributed by atoms with Gasteiger partial charge in [0, 0.05) is 32.3 Å². The Bertz CT molecular complexity index is 160. The highest BCUT2D eigenvalue weighted by Gasteiger charge is 2.24. The van der Waals surface area contributed by atoms with Crippen molar-refractivity contribution in [1.29, 1.82) is 0 Å². The average Bonchev–Trinajstić information content (AvgIpc) is 2.14. The van der Waals surface area contributed by atoms with E-state index in [1.165, 1.54) is 19.3 Å². The standard InChI is InChI=1S/C12H26N2O/c1-11(10-13-8-5-9-15-3)14(2)12-6-4-7-12/h11-13H,4-10H2,1-3H3. The molecular formula is C12H26N2O. The molecular weight excluding hydrogens is 188 g/mol. The van der Waals surface area contributed by atoms with Crippen LogP contribution >= 0.6 is 0 Å². The number of nitrogens with zero attached hydrogens (tertiary/aromatic N) is 1. The molecule has 1 aliphatic rings. The predicted molar refractivity (Wildman–Crippen MR) is 64.2 cm³/mol. The zero-order chi connectivity index (χ0) is 11.1. The van der Waals surface area contributed by atoms with Gasteiger partial charge in [-0.1, -0.05) is 6.42 Å². The lowest BCUT2D eigenvalue weighted by atomic mass is 9.91. The zero-order valence-corrected chi connectivity index (χ0v) is 10.5. The Balaban J connectivity index is 1.99. The summed E-state index contributed by atoms with van der Waals surface area (Å²) in [4.78, 5) is 2.52. The molecule has 1 unspecified atom stereocenters. The average molecular weight is 214 g/mol. The summed E-state index contributed by atoms with van der Waals surface area (Å²) in [6.45, 7) is 5.33. The van der Waals surface area contributed by atoms with Gasteiger partial charge in [0.25, 0.3) is 0 Å². The van der Waals surface area contributed by atoms with E-state index in [4.69, 9.17) is 4.74 Å². The largest absolute Gasteiger partial charge is 0.385 e. The molecule has 1 aliphatic carbocycles. The summed E-state index contributed by atoms with van der Waals surface area (Å²) >= 11 is 0. The summed E-state index contributed by atoms with van der Waals surface area (Å²) in [5.74, 6) is 0. The van der Waals surface area contributed by atoms with Gasteiger partial charge in [-0.05, 0) is 39.8 Å². The number of likely N-dealkylation sites (N-methyl/N-ethyl adjacent to an activating group) is 1. The van der Waals surface area contributed by atoms with Crippen molar-refractivity contribution in [3.63, 3.8) is 0 Å². The van der Waals surface area contributed by atoms with E-state index in [-0.39, 0.29) is 0 Å². The fourth-order valence-corrected chi connectivity index (χ4v) is 1.95. The quantitative estimate of drug-likeness (QED) is 0.620. The molecule has 3 heteroatoms. The van der Waals surface area contributed by atoms with Gasteiger partial charge >= 0.3 is 0 Å². The zero-order valence-electron chi connectivity index (χ0n) is 10.5. The number of nitrogens with one attached hydrogen (secondary N) is 1. The molecule has 0 aromatic heterocycles. The van der Waals surface area contributed by atoms with E-state index >= 15 is 0 Å². The first-order valence-corrected chi connectivity index (χ1v) is 6.17. The first-order chi connectivity index (χ1) is 7.25. The van der Waals surface area contributed by atoms with E-state index in [1.807, 2.05) is 0 Å². The first-order valence-electron chi connectivity index (χ1n) is 6.17. The number of hydrogen-bond acceptors (Lipinski definition) is 3. The molecule has 0 radical (unpaired) electrons. The summed E-state index contributed by atoms with van der Waals surface area (Å²) in [5, 5.41) is 3.48. The molecule has 0 spiro atoms. The van der Waals surface area contributed by atoms with E-state index < -0.39 is 0 Å². The van der Waals surface area contributed by atoms with Gasteiger partial charge in [0.2, 0.25) is 0 Å². The normalized spacial score (nSPS) is 19.2. The van der Waals surface area contributed by atoms with Crippen molar-refractivity contribution in [3.8, 4) is 0 Å². The van der Waals surface area contributed by atoms with Crippen LogP contribution in [-0.2, 0) is 4.74 Å². The fourth-order valence-electron chi connectivity index (χ4n) is 1.95. The minimum absolute atomic E-state index is 0.651. The molecule has 1 fully saturated rings. The van der Waals surface area contributed by atoms with E-state index in [9.17, 15) is 0 Å². The summed E-state index contributed by atoms with van der Waals surface area (Å²) in [7, 11) is 4.01. The smallest absolute Gasteiger partial charge is 0.0474 e. The molecule has 1 rings (SSSR count). The second-order valence-electron chi connectivity index (χ2n) is 4.65. The molecule has 0 aromatic rings. The summed E-state index contributed by atoms with van der Waals surface area (Å²) < 4.78 is 5.01. The Morgan fingerprint density at radius 3 is 2.73 bits per heavy atom. The minimum atomic E-state index is 0.651. The van der Waals surface area contributed by atoms with Crippen molar-refractivity contribution in [2.45, 2.75) is 44.7 Å². The van der Waals surface area contributed by atoms with Gasteiger partial charge in [-0.2, -0.15) is 0 Å². The van der Waals surface area contributed by atoms with Gasteiger partial charge in [-0.3, -0.25) is 4.90 Å². The topological polar surface area (TPSA) is 24.5 Å². The summed E-state index contributed by atoms with van der Waals surface area (Å²) in [6, 6.07) is 1.50. The molecule has 15 heavy (non-hydrogen) atoms. The molecule has 90 valence electrons. The summed E-state index contributed by atoms with van der Waals surface area (Å²) in [6.07, 6.45) is 5.31. The molecule has 1 atom stereocenters. The van der Waals surface area contributed by atoms with E-state index in [1.54, 1.807) is 7.11 Å². The molecule has 0 heterocycles. The Labute approximate surface area is 94.2 Å². The van der Waals surface area contributed by atoms with Crippen LogP contribution in [0.3, 0.4) is 0 Å². The molecule has 1 N–H and O–H groups in total. The second-order valence-corrected chi connectivity index (χ2v) is 4.65. The van der Waals surface area contributed by atoms with Crippen LogP contribution in [0.2, 0.25) is 0 Å². The van der Waals surface area contributed by atoms with Gasteiger partial charge in [0.15, 0.2) is 0 Å². The minimum Gasteiger partial charge on any atom is -0.385 e. The monoisotopic (exact) mass is 214 g/mol. The Hall–Kier alpha value is -0.120.